The summed E-state index contributed by atoms with van der Waals surface area (Å²) in [5, 5.41) is 16.6. The Morgan fingerprint density at radius 1 is 1.30 bits per heavy atom. The lowest BCUT2D eigenvalue weighted by Crippen LogP contribution is -2.32. The van der Waals surface area contributed by atoms with E-state index in [9.17, 15) is 9.90 Å². The maximum absolute atomic E-state index is 12.3. The number of aromatic nitrogens is 3. The Balaban J connectivity index is 1.56. The van der Waals surface area contributed by atoms with E-state index in [-0.39, 0.29) is 23.8 Å². The third-order valence-corrected chi connectivity index (χ3v) is 4.69. The molecular weight excluding hydrogens is 292 g/mol. The van der Waals surface area contributed by atoms with Crippen molar-refractivity contribution in [3.8, 4) is 5.69 Å². The molecule has 2 aliphatic carbocycles. The minimum absolute atomic E-state index is 0.114. The zero-order valence-electron chi connectivity index (χ0n) is 12.9. The summed E-state index contributed by atoms with van der Waals surface area (Å²) in [4.78, 5) is 16.8. The highest BCUT2D eigenvalue weighted by atomic mass is 16.3. The fraction of sp³-hybridized carbons (Fsp3) is 0.471. The first-order chi connectivity index (χ1) is 11.2. The summed E-state index contributed by atoms with van der Waals surface area (Å²) >= 11 is 0. The fourth-order valence-electron chi connectivity index (χ4n) is 2.70. The molecule has 0 spiro atoms. The predicted octanol–water partition coefficient (Wildman–Crippen LogP) is 1.65. The van der Waals surface area contributed by atoms with Gasteiger partial charge in [0.15, 0.2) is 0 Å². The molecule has 0 atom stereocenters. The van der Waals surface area contributed by atoms with Gasteiger partial charge in [-0.1, -0.05) is 18.2 Å². The highest BCUT2D eigenvalue weighted by Crippen LogP contribution is 2.44. The Morgan fingerprint density at radius 2 is 2.04 bits per heavy atom. The van der Waals surface area contributed by atoms with Crippen molar-refractivity contribution < 1.29 is 9.90 Å². The molecule has 0 unspecified atom stereocenters. The highest BCUT2D eigenvalue weighted by molar-refractivity contribution is 5.90. The molecule has 2 saturated carbocycles. The van der Waals surface area contributed by atoms with Crippen LogP contribution in [0.2, 0.25) is 0 Å². The molecule has 2 aliphatic rings. The molecule has 1 amide bonds. The van der Waals surface area contributed by atoms with Crippen molar-refractivity contribution in [1.82, 2.24) is 20.1 Å². The average Bonchev–Trinajstić information content (AvgIpc) is 3.52. The van der Waals surface area contributed by atoms with Gasteiger partial charge in [-0.15, -0.1) is 5.10 Å². The predicted molar refractivity (Wildman–Crippen MR) is 84.4 cm³/mol. The summed E-state index contributed by atoms with van der Waals surface area (Å²) in [5.74, 6) is 1.21. The molecule has 4 rings (SSSR count). The molecule has 120 valence electrons. The largest absolute Gasteiger partial charge is 0.396 e. The molecule has 1 aromatic heterocycles. The molecule has 1 aromatic carbocycles. The number of hydrogen-bond acceptors (Lipinski definition) is 4. The van der Waals surface area contributed by atoms with Crippen LogP contribution in [0.5, 0.6) is 0 Å². The number of rotatable bonds is 6. The summed E-state index contributed by atoms with van der Waals surface area (Å²) in [5.41, 5.74) is 0.812. The Bertz CT molecular complexity index is 717. The number of carbonyl (C=O) groups is 1. The molecule has 23 heavy (non-hydrogen) atoms. The van der Waals surface area contributed by atoms with Crippen molar-refractivity contribution in [1.29, 1.82) is 0 Å². The molecule has 2 N–H and O–H groups in total. The number of carbonyl (C=O) groups excluding carboxylic acids is 1. The van der Waals surface area contributed by atoms with E-state index in [1.54, 1.807) is 4.68 Å². The number of nitrogens with zero attached hydrogens (tertiary/aromatic N) is 3. The van der Waals surface area contributed by atoms with Crippen LogP contribution < -0.4 is 5.32 Å². The number of amides is 1. The molecule has 0 aliphatic heterocycles. The van der Waals surface area contributed by atoms with Crippen molar-refractivity contribution in [3.63, 3.8) is 0 Å². The standard InChI is InChI=1S/C17H20N4O2/c22-11-17(8-9-17)10-18-16(23)14-19-15(12-6-7-12)21(20-14)13-4-2-1-3-5-13/h1-5,12,22H,6-11H2,(H,18,23). The van der Waals surface area contributed by atoms with Gasteiger partial charge in [0.2, 0.25) is 5.82 Å². The van der Waals surface area contributed by atoms with Crippen molar-refractivity contribution in [2.24, 2.45) is 5.41 Å². The second kappa shape index (κ2) is 5.45. The van der Waals surface area contributed by atoms with Crippen LogP contribution in [-0.4, -0.2) is 38.9 Å². The maximum Gasteiger partial charge on any atom is 0.291 e. The maximum atomic E-state index is 12.3. The van der Waals surface area contributed by atoms with Gasteiger partial charge in [-0.05, 0) is 37.8 Å². The van der Waals surface area contributed by atoms with Crippen LogP contribution in [0.1, 0.15) is 48.0 Å². The van der Waals surface area contributed by atoms with Gasteiger partial charge in [0.25, 0.3) is 5.91 Å². The number of para-hydroxylation sites is 1. The number of benzene rings is 1. The molecule has 6 heteroatoms. The van der Waals surface area contributed by atoms with Crippen LogP contribution in [0.25, 0.3) is 5.69 Å². The first-order valence-electron chi connectivity index (χ1n) is 8.12. The Kier molecular flexibility index (Phi) is 3.41. The lowest BCUT2D eigenvalue weighted by Gasteiger charge is -2.11. The zero-order valence-corrected chi connectivity index (χ0v) is 12.9. The Labute approximate surface area is 134 Å². The van der Waals surface area contributed by atoms with Gasteiger partial charge in [-0.25, -0.2) is 9.67 Å². The first-order valence-corrected chi connectivity index (χ1v) is 8.12. The minimum Gasteiger partial charge on any atom is -0.396 e. The van der Waals surface area contributed by atoms with Crippen LogP contribution in [-0.2, 0) is 0 Å². The average molecular weight is 312 g/mol. The number of nitrogens with one attached hydrogen (secondary N) is 1. The van der Waals surface area contributed by atoms with Gasteiger partial charge in [-0.2, -0.15) is 0 Å². The SMILES string of the molecule is O=C(NCC1(CO)CC1)c1nc(C2CC2)n(-c2ccccc2)n1. The number of hydrogen-bond donors (Lipinski definition) is 2. The second-order valence-corrected chi connectivity index (χ2v) is 6.66. The second-order valence-electron chi connectivity index (χ2n) is 6.66. The third kappa shape index (κ3) is 2.86. The van der Waals surface area contributed by atoms with Crippen molar-refractivity contribution in [2.45, 2.75) is 31.6 Å². The van der Waals surface area contributed by atoms with Crippen molar-refractivity contribution >= 4 is 5.91 Å². The van der Waals surface area contributed by atoms with Gasteiger partial charge in [-0.3, -0.25) is 4.79 Å². The summed E-state index contributed by atoms with van der Waals surface area (Å²) in [6.45, 7) is 0.605. The van der Waals surface area contributed by atoms with Crippen LogP contribution in [0, 0.1) is 5.41 Å². The summed E-state index contributed by atoms with van der Waals surface area (Å²) in [6.07, 6.45) is 4.12. The van der Waals surface area contributed by atoms with E-state index in [1.165, 1.54) is 0 Å². The molecule has 0 saturated heterocycles. The van der Waals surface area contributed by atoms with E-state index >= 15 is 0 Å². The molecule has 2 aromatic rings. The van der Waals surface area contributed by atoms with Crippen LogP contribution in [0.3, 0.4) is 0 Å². The lowest BCUT2D eigenvalue weighted by molar-refractivity contribution is 0.0925. The van der Waals surface area contributed by atoms with Crippen LogP contribution in [0.4, 0.5) is 0 Å². The van der Waals surface area contributed by atoms with E-state index in [0.29, 0.717) is 12.5 Å². The van der Waals surface area contributed by atoms with Gasteiger partial charge in [0.05, 0.1) is 12.3 Å². The molecule has 0 radical (unpaired) electrons. The van der Waals surface area contributed by atoms with Gasteiger partial charge < -0.3 is 10.4 Å². The Morgan fingerprint density at radius 3 is 2.65 bits per heavy atom. The topological polar surface area (TPSA) is 80.0 Å². The van der Waals surface area contributed by atoms with E-state index < -0.39 is 0 Å². The minimum atomic E-state index is -0.263. The first kappa shape index (κ1) is 14.4. The lowest BCUT2D eigenvalue weighted by atomic mass is 10.1. The van der Waals surface area contributed by atoms with Crippen LogP contribution in [0.15, 0.2) is 30.3 Å². The Hall–Kier alpha value is -2.21. The summed E-state index contributed by atoms with van der Waals surface area (Å²) < 4.78 is 1.78. The zero-order chi connectivity index (χ0) is 15.9. The van der Waals surface area contributed by atoms with Crippen molar-refractivity contribution in [2.75, 3.05) is 13.2 Å². The fourth-order valence-corrected chi connectivity index (χ4v) is 2.70. The molecule has 1 heterocycles. The number of aliphatic hydroxyl groups is 1. The van der Waals surface area contributed by atoms with Crippen molar-refractivity contribution in [3.05, 3.63) is 42.0 Å². The van der Waals surface area contributed by atoms with E-state index in [1.807, 2.05) is 30.3 Å². The summed E-state index contributed by atoms with van der Waals surface area (Å²) in [6, 6.07) is 9.78. The van der Waals surface area contributed by atoms with E-state index in [2.05, 4.69) is 15.4 Å². The molecular formula is C17H20N4O2. The molecule has 0 bridgehead atoms. The summed E-state index contributed by atoms with van der Waals surface area (Å²) in [7, 11) is 0. The van der Waals surface area contributed by atoms with E-state index in [0.717, 1.165) is 37.2 Å². The van der Waals surface area contributed by atoms with Crippen LogP contribution >= 0.6 is 0 Å². The molecule has 6 nitrogen and oxygen atoms in total. The highest BCUT2D eigenvalue weighted by Gasteiger charge is 2.42. The van der Waals surface area contributed by atoms with E-state index in [4.69, 9.17) is 0 Å². The smallest absolute Gasteiger partial charge is 0.291 e. The van der Waals surface area contributed by atoms with Gasteiger partial charge >= 0.3 is 0 Å². The monoisotopic (exact) mass is 312 g/mol. The third-order valence-electron chi connectivity index (χ3n) is 4.69. The van der Waals surface area contributed by atoms with Gasteiger partial charge in [0, 0.05) is 17.9 Å². The number of aliphatic hydroxyl groups excluding tert-OH is 1. The normalized spacial score (nSPS) is 18.7. The quantitative estimate of drug-likeness (QED) is 0.850. The van der Waals surface area contributed by atoms with Gasteiger partial charge in [0.1, 0.15) is 5.82 Å². The molecule has 2 fully saturated rings.